The zero-order chi connectivity index (χ0) is 19.0. The van der Waals surface area contributed by atoms with Crippen molar-refractivity contribution in [1.82, 2.24) is 0 Å². The Morgan fingerprint density at radius 1 is 1.00 bits per heavy atom. The van der Waals surface area contributed by atoms with Gasteiger partial charge in [0.1, 0.15) is 0 Å². The van der Waals surface area contributed by atoms with Gasteiger partial charge in [-0.05, 0) is 53.0 Å². The van der Waals surface area contributed by atoms with Crippen LogP contribution < -0.4 is 0 Å². The van der Waals surface area contributed by atoms with Crippen molar-refractivity contribution in [2.24, 2.45) is 5.41 Å². The maximum atomic E-state index is 12.2. The molecule has 1 heterocycles. The molecule has 0 unspecified atom stereocenters. The van der Waals surface area contributed by atoms with Gasteiger partial charge in [0.2, 0.25) is 0 Å². The van der Waals surface area contributed by atoms with Crippen molar-refractivity contribution in [2.75, 3.05) is 14.2 Å². The van der Waals surface area contributed by atoms with E-state index in [1.165, 1.54) is 14.2 Å². The average molecular weight is 350 g/mol. The third-order valence-electron chi connectivity index (χ3n) is 5.49. The van der Waals surface area contributed by atoms with Crippen LogP contribution in [0.1, 0.15) is 47.5 Å². The lowest BCUT2D eigenvalue weighted by Crippen LogP contribution is -2.41. The Balaban J connectivity index is 2.18. The normalized spacial score (nSPS) is 24.0. The summed E-state index contributed by atoms with van der Waals surface area (Å²) in [6.07, 6.45) is 2.40. The van der Waals surface area contributed by atoms with Crippen LogP contribution in [0.25, 0.3) is 0 Å². The molecule has 1 aliphatic heterocycles. The minimum absolute atomic E-state index is 0.244. The maximum Gasteiger partial charge on any atom is 0.487 e. The van der Waals surface area contributed by atoms with Gasteiger partial charge >= 0.3 is 19.1 Å². The lowest BCUT2D eigenvalue weighted by Gasteiger charge is -2.32. The largest absolute Gasteiger partial charge is 0.487 e. The van der Waals surface area contributed by atoms with Crippen molar-refractivity contribution < 1.29 is 28.4 Å². The van der Waals surface area contributed by atoms with Gasteiger partial charge < -0.3 is 18.8 Å². The molecule has 25 heavy (non-hydrogen) atoms. The molecule has 0 bridgehead atoms. The van der Waals surface area contributed by atoms with Crippen molar-refractivity contribution in [3.8, 4) is 0 Å². The predicted molar refractivity (Wildman–Crippen MR) is 93.6 cm³/mol. The summed E-state index contributed by atoms with van der Waals surface area (Å²) in [7, 11) is 2.08. The number of hydrogen-bond acceptors (Lipinski definition) is 6. The number of ether oxygens (including phenoxy) is 2. The molecule has 0 aromatic rings. The Bertz CT molecular complexity index is 599. The molecule has 1 fully saturated rings. The lowest BCUT2D eigenvalue weighted by atomic mass is 9.83. The summed E-state index contributed by atoms with van der Waals surface area (Å²) in [6, 6.07) is 0. The Hall–Kier alpha value is -1.60. The highest BCUT2D eigenvalue weighted by Crippen LogP contribution is 2.45. The first kappa shape index (κ1) is 19.7. The number of rotatable bonds is 4. The van der Waals surface area contributed by atoms with Gasteiger partial charge in [0.05, 0.1) is 25.4 Å². The van der Waals surface area contributed by atoms with E-state index in [1.807, 2.05) is 46.7 Å². The molecule has 138 valence electrons. The van der Waals surface area contributed by atoms with Gasteiger partial charge in [-0.3, -0.25) is 9.59 Å². The fourth-order valence-corrected chi connectivity index (χ4v) is 3.23. The quantitative estimate of drug-likeness (QED) is 0.441. The molecule has 2 rings (SSSR count). The second-order valence-corrected chi connectivity index (χ2v) is 7.71. The van der Waals surface area contributed by atoms with Gasteiger partial charge in [0.15, 0.2) is 5.41 Å². The van der Waals surface area contributed by atoms with Crippen molar-refractivity contribution in [2.45, 2.75) is 58.7 Å². The first-order valence-electron chi connectivity index (χ1n) is 8.38. The zero-order valence-electron chi connectivity index (χ0n) is 16.1. The van der Waals surface area contributed by atoms with Crippen LogP contribution in [0, 0.1) is 5.41 Å². The van der Waals surface area contributed by atoms with Gasteiger partial charge in [-0.25, -0.2) is 0 Å². The molecule has 0 aromatic heterocycles. The Morgan fingerprint density at radius 2 is 1.48 bits per heavy atom. The zero-order valence-corrected chi connectivity index (χ0v) is 16.1. The van der Waals surface area contributed by atoms with E-state index in [9.17, 15) is 9.59 Å². The van der Waals surface area contributed by atoms with Gasteiger partial charge in [-0.1, -0.05) is 17.6 Å². The smallest absolute Gasteiger partial charge is 0.468 e. The van der Waals surface area contributed by atoms with Crippen LogP contribution in [0.4, 0.5) is 0 Å². The molecule has 1 saturated heterocycles. The van der Waals surface area contributed by atoms with E-state index in [0.717, 1.165) is 11.1 Å². The highest BCUT2D eigenvalue weighted by molar-refractivity contribution is 6.51. The summed E-state index contributed by atoms with van der Waals surface area (Å²) >= 11 is 0. The molecule has 6 nitrogen and oxygen atoms in total. The number of carbonyl (C=O) groups is 2. The van der Waals surface area contributed by atoms with E-state index >= 15 is 0 Å². The minimum Gasteiger partial charge on any atom is -0.468 e. The molecule has 0 atom stereocenters. The molecular weight excluding hydrogens is 323 g/mol. The summed E-state index contributed by atoms with van der Waals surface area (Å²) in [5.74, 6) is 0.676. The third kappa shape index (κ3) is 3.40. The van der Waals surface area contributed by atoms with E-state index in [4.69, 9.17) is 18.8 Å². The molecule has 0 saturated carbocycles. The Morgan fingerprint density at radius 3 is 1.92 bits per heavy atom. The van der Waals surface area contributed by atoms with Crippen LogP contribution in [0.2, 0.25) is 0 Å². The second kappa shape index (κ2) is 6.61. The van der Waals surface area contributed by atoms with Crippen LogP contribution in [-0.2, 0) is 28.4 Å². The minimum atomic E-state index is -1.30. The van der Waals surface area contributed by atoms with Crippen LogP contribution in [0.15, 0.2) is 23.2 Å². The SMILES string of the molecule is COC(=O)C1(C(=O)OC)CC(C)=C(/C=C/B2OC(C)(C)C(C)(C)O2)C1. The number of hydrogen-bond donors (Lipinski definition) is 0. The average Bonchev–Trinajstić information content (AvgIpc) is 2.97. The van der Waals surface area contributed by atoms with Crippen LogP contribution in [0.5, 0.6) is 0 Å². The lowest BCUT2D eigenvalue weighted by molar-refractivity contribution is -0.168. The highest BCUT2D eigenvalue weighted by atomic mass is 16.7. The molecule has 0 N–H and O–H groups in total. The van der Waals surface area contributed by atoms with E-state index in [0.29, 0.717) is 0 Å². The van der Waals surface area contributed by atoms with Crippen LogP contribution in [0.3, 0.4) is 0 Å². The Labute approximate surface area is 149 Å². The molecule has 0 amide bonds. The molecule has 0 spiro atoms. The van der Waals surface area contributed by atoms with E-state index in [-0.39, 0.29) is 12.8 Å². The standard InChI is InChI=1S/C18H27BO6/c1-12-10-18(14(20)22-6,15(21)23-7)11-13(12)8-9-19-24-16(2,3)17(4,5)25-19/h8-9H,10-11H2,1-7H3/b9-8+. The number of carbonyl (C=O) groups excluding carboxylic acids is 2. The predicted octanol–water partition coefficient (Wildman–Crippen LogP) is 2.62. The van der Waals surface area contributed by atoms with Gasteiger partial charge in [0, 0.05) is 0 Å². The van der Waals surface area contributed by atoms with Crippen molar-refractivity contribution in [1.29, 1.82) is 0 Å². The third-order valence-corrected chi connectivity index (χ3v) is 5.49. The van der Waals surface area contributed by atoms with E-state index in [2.05, 4.69) is 0 Å². The van der Waals surface area contributed by atoms with Crippen molar-refractivity contribution in [3.05, 3.63) is 23.2 Å². The fraction of sp³-hybridized carbons (Fsp3) is 0.667. The monoisotopic (exact) mass is 350 g/mol. The van der Waals surface area contributed by atoms with Crippen LogP contribution in [-0.4, -0.2) is 44.5 Å². The number of methoxy groups -OCH3 is 2. The first-order chi connectivity index (χ1) is 11.5. The molecule has 7 heteroatoms. The number of esters is 2. The summed E-state index contributed by atoms with van der Waals surface area (Å²) in [5.41, 5.74) is -0.288. The topological polar surface area (TPSA) is 71.1 Å². The molecule has 1 aliphatic carbocycles. The van der Waals surface area contributed by atoms with Gasteiger partial charge in [-0.2, -0.15) is 0 Å². The molecule has 0 radical (unpaired) electrons. The van der Waals surface area contributed by atoms with E-state index in [1.54, 1.807) is 0 Å². The van der Waals surface area contributed by atoms with E-state index < -0.39 is 35.7 Å². The first-order valence-corrected chi connectivity index (χ1v) is 8.38. The molecule has 2 aliphatic rings. The van der Waals surface area contributed by atoms with Gasteiger partial charge in [0.25, 0.3) is 0 Å². The van der Waals surface area contributed by atoms with Crippen molar-refractivity contribution >= 4 is 19.1 Å². The summed E-state index contributed by atoms with van der Waals surface area (Å²) < 4.78 is 21.6. The molecular formula is C18H27BO6. The highest BCUT2D eigenvalue weighted by Gasteiger charge is 2.53. The fourth-order valence-electron chi connectivity index (χ4n) is 3.23. The summed E-state index contributed by atoms with van der Waals surface area (Å²) in [4.78, 5) is 24.5. The van der Waals surface area contributed by atoms with Gasteiger partial charge in [-0.15, -0.1) is 0 Å². The van der Waals surface area contributed by atoms with Crippen molar-refractivity contribution in [3.63, 3.8) is 0 Å². The summed E-state index contributed by atoms with van der Waals surface area (Å²) in [5, 5.41) is 0. The number of allylic oxidation sites excluding steroid dienone is 3. The van der Waals surface area contributed by atoms with Crippen LogP contribution >= 0.6 is 0 Å². The summed E-state index contributed by atoms with van der Waals surface area (Å²) in [6.45, 7) is 9.85. The Kier molecular flexibility index (Phi) is 5.22. The molecule has 0 aromatic carbocycles. The maximum absolute atomic E-state index is 12.2. The second-order valence-electron chi connectivity index (χ2n) is 7.71.